The van der Waals surface area contributed by atoms with Crippen LogP contribution in [0.4, 0.5) is 0 Å². The second-order valence-corrected chi connectivity index (χ2v) is 6.71. The molecule has 1 heterocycles. The zero-order valence-electron chi connectivity index (χ0n) is 11.7. The Morgan fingerprint density at radius 1 is 1.60 bits per heavy atom. The van der Waals surface area contributed by atoms with Crippen LogP contribution in [0.25, 0.3) is 0 Å². The molecule has 1 saturated carbocycles. The Morgan fingerprint density at radius 2 is 2.35 bits per heavy atom. The quantitative estimate of drug-likeness (QED) is 0.619. The van der Waals surface area contributed by atoms with Crippen LogP contribution in [0.2, 0.25) is 5.02 Å². The molecule has 4 nitrogen and oxygen atoms in total. The Morgan fingerprint density at radius 3 is 2.90 bits per heavy atom. The first-order valence-corrected chi connectivity index (χ1v) is 8.00. The van der Waals surface area contributed by atoms with E-state index in [1.807, 2.05) is 19.1 Å². The first-order chi connectivity index (χ1) is 9.53. The average Bonchev–Trinajstić information content (AvgIpc) is 3.24. The van der Waals surface area contributed by atoms with Gasteiger partial charge in [-0.3, -0.25) is 10.1 Å². The van der Waals surface area contributed by atoms with Gasteiger partial charge in [-0.1, -0.05) is 11.6 Å². The topological polar surface area (TPSA) is 51.2 Å². The molecule has 0 aromatic carbocycles. The average molecular weight is 315 g/mol. The van der Waals surface area contributed by atoms with Crippen molar-refractivity contribution < 1.29 is 9.53 Å². The van der Waals surface area contributed by atoms with Gasteiger partial charge in [-0.25, -0.2) is 4.98 Å². The molecule has 0 radical (unpaired) electrons. The van der Waals surface area contributed by atoms with E-state index in [1.54, 1.807) is 18.0 Å². The molecule has 110 valence electrons. The first-order valence-electron chi connectivity index (χ1n) is 6.64. The number of rotatable bonds is 7. The minimum Gasteiger partial charge on any atom is -0.468 e. The molecular weight excluding hydrogens is 296 g/mol. The highest BCUT2D eigenvalue weighted by Gasteiger charge is 2.38. The number of carbonyl (C=O) groups is 1. The van der Waals surface area contributed by atoms with Crippen LogP contribution in [-0.4, -0.2) is 35.4 Å². The predicted molar refractivity (Wildman–Crippen MR) is 81.2 cm³/mol. The van der Waals surface area contributed by atoms with Crippen molar-refractivity contribution in [2.45, 2.75) is 42.8 Å². The number of nitrogens with zero attached hydrogens (tertiary/aromatic N) is 1. The van der Waals surface area contributed by atoms with E-state index >= 15 is 0 Å². The fourth-order valence-electron chi connectivity index (χ4n) is 1.94. The molecule has 1 aromatic rings. The van der Waals surface area contributed by atoms with Crippen LogP contribution in [0.5, 0.6) is 0 Å². The molecular formula is C14H19ClN2O2S. The first kappa shape index (κ1) is 15.6. The fourth-order valence-corrected chi connectivity index (χ4v) is 3.07. The summed E-state index contributed by atoms with van der Waals surface area (Å²) in [6.45, 7) is 1.91. The van der Waals surface area contributed by atoms with Gasteiger partial charge < -0.3 is 4.74 Å². The summed E-state index contributed by atoms with van der Waals surface area (Å²) >= 11 is 7.41. The maximum Gasteiger partial charge on any atom is 0.325 e. The lowest BCUT2D eigenvalue weighted by Gasteiger charge is -2.28. The molecule has 6 heteroatoms. The molecule has 0 bridgehead atoms. The lowest BCUT2D eigenvalue weighted by Crippen LogP contribution is -2.51. The van der Waals surface area contributed by atoms with Crippen LogP contribution in [0, 0.1) is 0 Å². The largest absolute Gasteiger partial charge is 0.468 e. The molecule has 0 amide bonds. The SMILES string of the molecule is COC(=O)C(C)(CCSc1ccc(Cl)cn1)NC1CC1. The normalized spacial score (nSPS) is 17.6. The molecule has 0 spiro atoms. The maximum atomic E-state index is 12.0. The molecule has 2 rings (SSSR count). The standard InChI is InChI=1S/C14H19ClN2O2S/c1-14(13(18)19-2,17-11-4-5-11)7-8-20-12-6-3-10(15)9-16-12/h3,6,9,11,17H,4-5,7-8H2,1-2H3. The van der Waals surface area contributed by atoms with E-state index in [4.69, 9.17) is 16.3 Å². The Balaban J connectivity index is 1.87. The van der Waals surface area contributed by atoms with Crippen molar-refractivity contribution in [3.8, 4) is 0 Å². The number of thioether (sulfide) groups is 1. The van der Waals surface area contributed by atoms with Crippen LogP contribution in [0.1, 0.15) is 26.2 Å². The van der Waals surface area contributed by atoms with Crippen LogP contribution in [0.3, 0.4) is 0 Å². The van der Waals surface area contributed by atoms with Gasteiger partial charge in [-0.2, -0.15) is 0 Å². The molecule has 1 fully saturated rings. The van der Waals surface area contributed by atoms with Gasteiger partial charge in [0.25, 0.3) is 0 Å². The van der Waals surface area contributed by atoms with E-state index in [0.29, 0.717) is 17.5 Å². The third-order valence-electron chi connectivity index (χ3n) is 3.29. The van der Waals surface area contributed by atoms with Gasteiger partial charge in [0.2, 0.25) is 0 Å². The van der Waals surface area contributed by atoms with Crippen LogP contribution >= 0.6 is 23.4 Å². The Kier molecular flexibility index (Phi) is 5.29. The van der Waals surface area contributed by atoms with E-state index < -0.39 is 5.54 Å². The minimum atomic E-state index is -0.616. The van der Waals surface area contributed by atoms with E-state index in [9.17, 15) is 4.79 Å². The number of pyridine rings is 1. The highest BCUT2D eigenvalue weighted by Crippen LogP contribution is 2.27. The Bertz CT molecular complexity index is 465. The summed E-state index contributed by atoms with van der Waals surface area (Å²) in [6.07, 6.45) is 4.61. The van der Waals surface area contributed by atoms with Crippen molar-refractivity contribution >= 4 is 29.3 Å². The molecule has 0 aliphatic heterocycles. The lowest BCUT2D eigenvalue weighted by atomic mass is 9.99. The number of halogens is 1. The van der Waals surface area contributed by atoms with Gasteiger partial charge in [-0.05, 0) is 38.3 Å². The summed E-state index contributed by atoms with van der Waals surface area (Å²) < 4.78 is 4.92. The monoisotopic (exact) mass is 314 g/mol. The third-order valence-corrected chi connectivity index (χ3v) is 4.46. The van der Waals surface area contributed by atoms with Crippen LogP contribution in [0.15, 0.2) is 23.4 Å². The second kappa shape index (κ2) is 6.78. The highest BCUT2D eigenvalue weighted by molar-refractivity contribution is 7.99. The smallest absolute Gasteiger partial charge is 0.325 e. The highest BCUT2D eigenvalue weighted by atomic mass is 35.5. The number of nitrogens with one attached hydrogen (secondary N) is 1. The zero-order chi connectivity index (χ0) is 14.6. The van der Waals surface area contributed by atoms with Crippen molar-refractivity contribution in [3.63, 3.8) is 0 Å². The van der Waals surface area contributed by atoms with Crippen molar-refractivity contribution in [2.75, 3.05) is 12.9 Å². The van der Waals surface area contributed by atoms with E-state index in [0.717, 1.165) is 23.6 Å². The number of esters is 1. The van der Waals surface area contributed by atoms with Gasteiger partial charge in [0, 0.05) is 18.0 Å². The molecule has 0 saturated heterocycles. The zero-order valence-corrected chi connectivity index (χ0v) is 13.3. The van der Waals surface area contributed by atoms with Gasteiger partial charge in [0.05, 0.1) is 17.2 Å². The van der Waals surface area contributed by atoms with Crippen molar-refractivity contribution in [3.05, 3.63) is 23.4 Å². The number of hydrogen-bond donors (Lipinski definition) is 1. The van der Waals surface area contributed by atoms with Crippen molar-refractivity contribution in [2.24, 2.45) is 0 Å². The minimum absolute atomic E-state index is 0.200. The molecule has 1 unspecified atom stereocenters. The lowest BCUT2D eigenvalue weighted by molar-refractivity contribution is -0.148. The Labute approximate surface area is 128 Å². The molecule has 1 N–H and O–H groups in total. The summed E-state index contributed by atoms with van der Waals surface area (Å²) in [4.78, 5) is 16.2. The summed E-state index contributed by atoms with van der Waals surface area (Å²) in [6, 6.07) is 4.16. The third kappa shape index (κ3) is 4.36. The Hall–Kier alpha value is -0.780. The second-order valence-electron chi connectivity index (χ2n) is 5.16. The number of carbonyl (C=O) groups excluding carboxylic acids is 1. The van der Waals surface area contributed by atoms with E-state index in [2.05, 4.69) is 10.3 Å². The van der Waals surface area contributed by atoms with Crippen LogP contribution < -0.4 is 5.32 Å². The van der Waals surface area contributed by atoms with Gasteiger partial charge in [0.15, 0.2) is 0 Å². The van der Waals surface area contributed by atoms with E-state index in [1.165, 1.54) is 7.11 Å². The molecule has 1 atom stereocenters. The number of methoxy groups -OCH3 is 1. The number of hydrogen-bond acceptors (Lipinski definition) is 5. The van der Waals surface area contributed by atoms with Crippen molar-refractivity contribution in [1.29, 1.82) is 0 Å². The molecule has 1 aromatic heterocycles. The van der Waals surface area contributed by atoms with E-state index in [-0.39, 0.29) is 5.97 Å². The number of ether oxygens (including phenoxy) is 1. The van der Waals surface area contributed by atoms with Gasteiger partial charge in [-0.15, -0.1) is 11.8 Å². The number of aromatic nitrogens is 1. The maximum absolute atomic E-state index is 12.0. The summed E-state index contributed by atoms with van der Waals surface area (Å²) in [5, 5.41) is 4.92. The summed E-state index contributed by atoms with van der Waals surface area (Å²) in [5.74, 6) is 0.592. The van der Waals surface area contributed by atoms with Crippen LogP contribution in [-0.2, 0) is 9.53 Å². The fraction of sp³-hybridized carbons (Fsp3) is 0.571. The molecule has 1 aliphatic carbocycles. The van der Waals surface area contributed by atoms with Gasteiger partial charge >= 0.3 is 5.97 Å². The summed E-state index contributed by atoms with van der Waals surface area (Å²) in [7, 11) is 1.43. The predicted octanol–water partition coefficient (Wildman–Crippen LogP) is 2.90. The van der Waals surface area contributed by atoms with Crippen molar-refractivity contribution in [1.82, 2.24) is 10.3 Å². The van der Waals surface area contributed by atoms with Gasteiger partial charge in [0.1, 0.15) is 5.54 Å². The molecule has 1 aliphatic rings. The molecule has 20 heavy (non-hydrogen) atoms. The summed E-state index contributed by atoms with van der Waals surface area (Å²) in [5.41, 5.74) is -0.616.